The van der Waals surface area contributed by atoms with E-state index in [1.807, 2.05) is 0 Å². The summed E-state index contributed by atoms with van der Waals surface area (Å²) in [5.74, 6) is -2.98. The maximum atomic E-state index is 13.1. The molecule has 0 radical (unpaired) electrons. The van der Waals surface area contributed by atoms with Gasteiger partial charge in [0.25, 0.3) is 0 Å². The molecule has 0 unspecified atom stereocenters. The van der Waals surface area contributed by atoms with Crippen LogP contribution in [0, 0.1) is 6.92 Å². The van der Waals surface area contributed by atoms with Crippen molar-refractivity contribution in [3.05, 3.63) is 70.8 Å². The van der Waals surface area contributed by atoms with E-state index >= 15 is 0 Å². The zero-order valence-corrected chi connectivity index (χ0v) is 20.0. The van der Waals surface area contributed by atoms with E-state index in [2.05, 4.69) is 5.32 Å². The van der Waals surface area contributed by atoms with Crippen LogP contribution in [0.25, 0.3) is 0 Å². The largest absolute Gasteiger partial charge is 0.507 e. The molecule has 0 atom stereocenters. The molecule has 0 bridgehead atoms. The van der Waals surface area contributed by atoms with Crippen LogP contribution < -0.4 is 10.1 Å². The van der Waals surface area contributed by atoms with E-state index in [1.165, 1.54) is 6.07 Å². The number of aryl methyl sites for hydroxylation is 1. The first-order valence-corrected chi connectivity index (χ1v) is 12.4. The van der Waals surface area contributed by atoms with Crippen LogP contribution in [0.1, 0.15) is 28.7 Å². The number of nitrogens with one attached hydrogen (secondary N) is 1. The number of halogens is 3. The molecule has 8 nitrogen and oxygen atoms in total. The highest BCUT2D eigenvalue weighted by molar-refractivity contribution is 7.91. The lowest BCUT2D eigenvalue weighted by atomic mass is 10.0. The zero-order chi connectivity index (χ0) is 27.1. The number of fused-ring (bicyclic) bond motifs is 1. The fourth-order valence-electron chi connectivity index (χ4n) is 4.17. The summed E-state index contributed by atoms with van der Waals surface area (Å²) in [7, 11) is -4.40. The number of amides is 1. The molecular formula is C25H20F3NO7S. The fraction of sp³-hybridized carbons (Fsp3) is 0.200. The first kappa shape index (κ1) is 26.0. The molecule has 0 aliphatic heterocycles. The van der Waals surface area contributed by atoms with Gasteiger partial charge in [0.2, 0.25) is 9.84 Å². The molecule has 0 heterocycles. The van der Waals surface area contributed by atoms with Crippen molar-refractivity contribution in [2.24, 2.45) is 0 Å². The molecule has 1 aliphatic carbocycles. The zero-order valence-electron chi connectivity index (χ0n) is 19.2. The van der Waals surface area contributed by atoms with Gasteiger partial charge in [-0.3, -0.25) is 4.79 Å². The average Bonchev–Trinajstić information content (AvgIpc) is 3.32. The lowest BCUT2D eigenvalue weighted by molar-refractivity contribution is -0.147. The highest BCUT2D eigenvalue weighted by atomic mass is 32.2. The molecule has 0 saturated carbocycles. The molecule has 1 amide bonds. The average molecular weight is 535 g/mol. The third-order valence-corrected chi connectivity index (χ3v) is 7.71. The molecule has 194 valence electrons. The number of alkyl halides is 3. The van der Waals surface area contributed by atoms with Crippen molar-refractivity contribution >= 4 is 27.4 Å². The van der Waals surface area contributed by atoms with Gasteiger partial charge in [0, 0.05) is 17.3 Å². The van der Waals surface area contributed by atoms with Crippen LogP contribution in [0.5, 0.6) is 17.2 Å². The summed E-state index contributed by atoms with van der Waals surface area (Å²) in [6, 6.07) is 7.97. The summed E-state index contributed by atoms with van der Waals surface area (Å²) in [6.45, 7) is 1.67. The summed E-state index contributed by atoms with van der Waals surface area (Å²) < 4.78 is 70.8. The third-order valence-electron chi connectivity index (χ3n) is 5.91. The van der Waals surface area contributed by atoms with Crippen LogP contribution in [0.3, 0.4) is 0 Å². The number of hydrogen-bond donors (Lipinski definition) is 3. The summed E-state index contributed by atoms with van der Waals surface area (Å²) >= 11 is 0. The fourth-order valence-corrected chi connectivity index (χ4v) is 5.53. The van der Waals surface area contributed by atoms with Gasteiger partial charge in [0.15, 0.2) is 0 Å². The minimum Gasteiger partial charge on any atom is -0.507 e. The van der Waals surface area contributed by atoms with Gasteiger partial charge in [-0.1, -0.05) is 0 Å². The van der Waals surface area contributed by atoms with E-state index in [0.29, 0.717) is 54.0 Å². The minimum atomic E-state index is -4.64. The van der Waals surface area contributed by atoms with Crippen LogP contribution in [-0.4, -0.2) is 30.5 Å². The van der Waals surface area contributed by atoms with E-state index < -0.39 is 49.0 Å². The van der Waals surface area contributed by atoms with Gasteiger partial charge >= 0.3 is 18.1 Å². The summed E-state index contributed by atoms with van der Waals surface area (Å²) in [4.78, 5) is 21.6. The minimum absolute atomic E-state index is 0.0443. The number of anilines is 1. The first-order chi connectivity index (χ1) is 17.3. The number of aromatic hydroxyl groups is 1. The Morgan fingerprint density at radius 3 is 2.27 bits per heavy atom. The van der Waals surface area contributed by atoms with Crippen molar-refractivity contribution in [1.29, 1.82) is 0 Å². The number of phenolic OH excluding ortho intramolecular Hbond substituents is 1. The van der Waals surface area contributed by atoms with Gasteiger partial charge in [-0.05, 0) is 79.8 Å². The van der Waals surface area contributed by atoms with Crippen molar-refractivity contribution in [2.45, 2.75) is 42.2 Å². The number of ether oxygens (including phenoxy) is 1. The van der Waals surface area contributed by atoms with E-state index in [1.54, 1.807) is 13.0 Å². The number of aliphatic carboxylic acids is 1. The molecule has 3 aromatic rings. The summed E-state index contributed by atoms with van der Waals surface area (Å²) in [5.41, 5.74) is 1.30. The van der Waals surface area contributed by atoms with Gasteiger partial charge in [-0.15, -0.1) is 0 Å². The number of carboxylic acids is 1. The number of rotatable bonds is 5. The predicted molar refractivity (Wildman–Crippen MR) is 125 cm³/mol. The summed E-state index contributed by atoms with van der Waals surface area (Å²) in [6.07, 6.45) is -2.79. The Bertz CT molecular complexity index is 1510. The third kappa shape index (κ3) is 5.10. The standard InChI is InChI=1S/C25H20F3NO7S/c1-13-11-19(29-23(31)24(32)33)17-3-2-4-18(17)22(13)36-15-7-10-20(30)21(12-15)37(34,35)16-8-5-14(6-9-16)25(26,27)28/h5-12,30H,2-4H2,1H3,(H,29,31)(H,32,33). The van der Waals surface area contributed by atoms with E-state index in [-0.39, 0.29) is 5.75 Å². The quantitative estimate of drug-likeness (QED) is 0.398. The molecule has 0 fully saturated rings. The number of phenols is 1. The Balaban J connectivity index is 1.69. The van der Waals surface area contributed by atoms with Crippen molar-refractivity contribution in [1.82, 2.24) is 0 Å². The van der Waals surface area contributed by atoms with E-state index in [0.717, 1.165) is 29.8 Å². The predicted octanol–water partition coefficient (Wildman–Crippen LogP) is 4.86. The second-order valence-corrected chi connectivity index (χ2v) is 10.3. The van der Waals surface area contributed by atoms with Crippen molar-refractivity contribution in [3.63, 3.8) is 0 Å². The Hall–Kier alpha value is -4.06. The normalized spacial score (nSPS) is 13.2. The Kier molecular flexibility index (Phi) is 6.63. The van der Waals surface area contributed by atoms with Crippen LogP contribution in [0.4, 0.5) is 18.9 Å². The van der Waals surface area contributed by atoms with Crippen molar-refractivity contribution in [2.75, 3.05) is 5.32 Å². The smallest absolute Gasteiger partial charge is 0.416 e. The maximum absolute atomic E-state index is 13.1. The van der Waals surface area contributed by atoms with Gasteiger partial charge in [-0.2, -0.15) is 13.2 Å². The molecule has 37 heavy (non-hydrogen) atoms. The maximum Gasteiger partial charge on any atom is 0.416 e. The van der Waals surface area contributed by atoms with Crippen molar-refractivity contribution in [3.8, 4) is 17.2 Å². The second-order valence-electron chi connectivity index (χ2n) is 8.40. The SMILES string of the molecule is Cc1cc(NC(=O)C(=O)O)c2c(c1Oc1ccc(O)c(S(=O)(=O)c3ccc(C(F)(F)F)cc3)c1)CCC2. The lowest BCUT2D eigenvalue weighted by Crippen LogP contribution is -2.22. The van der Waals surface area contributed by atoms with Crippen LogP contribution in [0.15, 0.2) is 58.3 Å². The van der Waals surface area contributed by atoms with E-state index in [4.69, 9.17) is 9.84 Å². The molecular weight excluding hydrogens is 515 g/mol. The topological polar surface area (TPSA) is 130 Å². The monoisotopic (exact) mass is 535 g/mol. The highest BCUT2D eigenvalue weighted by Crippen LogP contribution is 2.42. The molecule has 0 spiro atoms. The van der Waals surface area contributed by atoms with Gasteiger partial charge in [0.05, 0.1) is 10.5 Å². The Morgan fingerprint density at radius 2 is 1.65 bits per heavy atom. The van der Waals surface area contributed by atoms with E-state index in [9.17, 15) is 36.3 Å². The van der Waals surface area contributed by atoms with Gasteiger partial charge < -0.3 is 20.3 Å². The van der Waals surface area contributed by atoms with Gasteiger partial charge in [-0.25, -0.2) is 13.2 Å². The number of carboxylic acid groups (broad SMARTS) is 1. The Labute approximate surface area is 209 Å². The molecule has 3 aromatic carbocycles. The summed E-state index contributed by atoms with van der Waals surface area (Å²) in [5, 5.41) is 21.5. The van der Waals surface area contributed by atoms with Crippen LogP contribution in [-0.2, 0) is 38.4 Å². The molecule has 4 rings (SSSR count). The number of benzene rings is 3. The molecule has 12 heteroatoms. The highest BCUT2D eigenvalue weighted by Gasteiger charge is 2.31. The number of carbonyl (C=O) groups is 2. The molecule has 0 saturated heterocycles. The molecule has 1 aliphatic rings. The molecule has 0 aromatic heterocycles. The number of hydrogen-bond acceptors (Lipinski definition) is 6. The Morgan fingerprint density at radius 1 is 1.00 bits per heavy atom. The van der Waals surface area contributed by atoms with Crippen LogP contribution >= 0.6 is 0 Å². The lowest BCUT2D eigenvalue weighted by Gasteiger charge is -2.18. The number of carbonyl (C=O) groups excluding carboxylic acids is 1. The molecule has 3 N–H and O–H groups in total. The second kappa shape index (κ2) is 9.43. The number of sulfone groups is 1. The van der Waals surface area contributed by atoms with Crippen LogP contribution in [0.2, 0.25) is 0 Å². The first-order valence-electron chi connectivity index (χ1n) is 10.9. The van der Waals surface area contributed by atoms with Crippen molar-refractivity contribution < 1.29 is 46.1 Å². The van der Waals surface area contributed by atoms with Gasteiger partial charge in [0.1, 0.15) is 22.1 Å².